The summed E-state index contributed by atoms with van der Waals surface area (Å²) in [7, 11) is 0. The first kappa shape index (κ1) is 14.9. The van der Waals surface area contributed by atoms with Gasteiger partial charge in [0.2, 0.25) is 5.91 Å². The molecule has 1 aromatic rings. The molecular weight excluding hydrogens is 254 g/mol. The quantitative estimate of drug-likeness (QED) is 0.853. The van der Waals surface area contributed by atoms with Gasteiger partial charge in [-0.05, 0) is 37.1 Å². The first-order valence-corrected chi connectivity index (χ1v) is 7.29. The molecule has 110 valence electrons. The third kappa shape index (κ3) is 4.58. The lowest BCUT2D eigenvalue weighted by atomic mass is 10.1. The van der Waals surface area contributed by atoms with Crippen LogP contribution in [0.25, 0.3) is 0 Å². The number of amides is 1. The molecule has 20 heavy (non-hydrogen) atoms. The first-order chi connectivity index (χ1) is 9.79. The van der Waals surface area contributed by atoms with Gasteiger partial charge >= 0.3 is 0 Å². The molecule has 0 atom stereocenters. The number of aryl methyl sites for hydroxylation is 1. The van der Waals surface area contributed by atoms with E-state index in [1.54, 1.807) is 12.4 Å². The van der Waals surface area contributed by atoms with Crippen LogP contribution in [0.2, 0.25) is 0 Å². The molecule has 1 aromatic heterocycles. The van der Waals surface area contributed by atoms with E-state index in [2.05, 4.69) is 9.88 Å². The number of pyridine rings is 1. The van der Waals surface area contributed by atoms with E-state index in [4.69, 9.17) is 5.11 Å². The summed E-state index contributed by atoms with van der Waals surface area (Å²) < 4.78 is 0. The molecular formula is C15H23N3O2. The highest BCUT2D eigenvalue weighted by Gasteiger charge is 2.18. The zero-order chi connectivity index (χ0) is 14.2. The van der Waals surface area contributed by atoms with Gasteiger partial charge < -0.3 is 10.0 Å². The van der Waals surface area contributed by atoms with E-state index in [-0.39, 0.29) is 12.5 Å². The summed E-state index contributed by atoms with van der Waals surface area (Å²) in [6, 6.07) is 3.91. The van der Waals surface area contributed by atoms with E-state index in [1.165, 1.54) is 0 Å². The molecule has 1 aliphatic heterocycles. The van der Waals surface area contributed by atoms with E-state index in [0.717, 1.165) is 44.6 Å². The summed E-state index contributed by atoms with van der Waals surface area (Å²) in [5.74, 6) is 0.229. The Balaban J connectivity index is 1.77. The molecule has 1 amide bonds. The van der Waals surface area contributed by atoms with Crippen molar-refractivity contribution in [3.8, 4) is 0 Å². The number of β-amino-alcohol motifs (C(OH)–C–C–N with tert-alkyl or cyclic N) is 1. The fourth-order valence-corrected chi connectivity index (χ4v) is 2.54. The summed E-state index contributed by atoms with van der Waals surface area (Å²) in [5.41, 5.74) is 1.16. The topological polar surface area (TPSA) is 56.7 Å². The minimum absolute atomic E-state index is 0.190. The van der Waals surface area contributed by atoms with Crippen LogP contribution in [0.3, 0.4) is 0 Å². The maximum atomic E-state index is 12.2. The Labute approximate surface area is 120 Å². The zero-order valence-corrected chi connectivity index (χ0v) is 11.9. The highest BCUT2D eigenvalue weighted by Crippen LogP contribution is 2.07. The predicted octanol–water partition coefficient (Wildman–Crippen LogP) is 0.541. The monoisotopic (exact) mass is 277 g/mol. The second-order valence-electron chi connectivity index (χ2n) is 5.16. The van der Waals surface area contributed by atoms with Gasteiger partial charge in [0.15, 0.2) is 0 Å². The smallest absolute Gasteiger partial charge is 0.222 e. The van der Waals surface area contributed by atoms with E-state index in [0.29, 0.717) is 13.0 Å². The zero-order valence-electron chi connectivity index (χ0n) is 11.9. The SMILES string of the molecule is O=C(CCc1ccncc1)N1CCCN(CCO)CC1. The van der Waals surface area contributed by atoms with E-state index in [1.807, 2.05) is 17.0 Å². The number of aromatic nitrogens is 1. The predicted molar refractivity (Wildman–Crippen MR) is 77.3 cm³/mol. The number of rotatable bonds is 5. The van der Waals surface area contributed by atoms with Crippen LogP contribution in [0.1, 0.15) is 18.4 Å². The molecule has 2 rings (SSSR count). The maximum absolute atomic E-state index is 12.2. The molecule has 0 aromatic carbocycles. The molecule has 0 aliphatic carbocycles. The fourth-order valence-electron chi connectivity index (χ4n) is 2.54. The van der Waals surface area contributed by atoms with Gasteiger partial charge in [-0.2, -0.15) is 0 Å². The Hall–Kier alpha value is -1.46. The highest BCUT2D eigenvalue weighted by atomic mass is 16.3. The van der Waals surface area contributed by atoms with Crippen LogP contribution in [0.4, 0.5) is 0 Å². The van der Waals surface area contributed by atoms with Gasteiger partial charge in [-0.3, -0.25) is 14.7 Å². The van der Waals surface area contributed by atoms with Crippen LogP contribution in [0, 0.1) is 0 Å². The molecule has 1 saturated heterocycles. The molecule has 0 bridgehead atoms. The van der Waals surface area contributed by atoms with Gasteiger partial charge in [0.05, 0.1) is 6.61 Å². The minimum Gasteiger partial charge on any atom is -0.395 e. The molecule has 1 fully saturated rings. The van der Waals surface area contributed by atoms with E-state index >= 15 is 0 Å². The molecule has 0 unspecified atom stereocenters. The third-order valence-electron chi connectivity index (χ3n) is 3.73. The normalized spacial score (nSPS) is 16.9. The van der Waals surface area contributed by atoms with E-state index < -0.39 is 0 Å². The largest absolute Gasteiger partial charge is 0.395 e. The molecule has 1 N–H and O–H groups in total. The summed E-state index contributed by atoms with van der Waals surface area (Å²) >= 11 is 0. The molecule has 5 nitrogen and oxygen atoms in total. The van der Waals surface area contributed by atoms with Crippen LogP contribution < -0.4 is 0 Å². The van der Waals surface area contributed by atoms with Crippen molar-refractivity contribution in [1.82, 2.24) is 14.8 Å². The Kier molecular flexibility index (Phi) is 5.95. The van der Waals surface area contributed by atoms with Crippen molar-refractivity contribution >= 4 is 5.91 Å². The summed E-state index contributed by atoms with van der Waals surface area (Å²) in [4.78, 5) is 20.4. The number of nitrogens with zero attached hydrogens (tertiary/aromatic N) is 3. The van der Waals surface area contributed by atoms with Crippen LogP contribution in [-0.2, 0) is 11.2 Å². The maximum Gasteiger partial charge on any atom is 0.222 e. The van der Waals surface area contributed by atoms with Crippen molar-refractivity contribution in [3.05, 3.63) is 30.1 Å². The van der Waals surface area contributed by atoms with Gasteiger partial charge in [-0.1, -0.05) is 0 Å². The first-order valence-electron chi connectivity index (χ1n) is 7.29. The number of aliphatic hydroxyl groups is 1. The van der Waals surface area contributed by atoms with Gasteiger partial charge in [-0.25, -0.2) is 0 Å². The van der Waals surface area contributed by atoms with Crippen LogP contribution in [0.15, 0.2) is 24.5 Å². The summed E-state index contributed by atoms with van der Waals surface area (Å²) in [6.07, 6.45) is 5.85. The standard InChI is InChI=1S/C15H23N3O2/c19-13-12-17-8-1-9-18(11-10-17)15(20)3-2-14-4-6-16-7-5-14/h4-7,19H,1-3,8-13H2. The number of hydrogen-bond donors (Lipinski definition) is 1. The van der Waals surface area contributed by atoms with Gasteiger partial charge in [-0.15, -0.1) is 0 Å². The van der Waals surface area contributed by atoms with Gasteiger partial charge in [0, 0.05) is 45.0 Å². The summed E-state index contributed by atoms with van der Waals surface area (Å²) in [6.45, 7) is 4.33. The van der Waals surface area contributed by atoms with Crippen LogP contribution >= 0.6 is 0 Å². The highest BCUT2D eigenvalue weighted by molar-refractivity contribution is 5.76. The van der Waals surface area contributed by atoms with Crippen molar-refractivity contribution in [2.75, 3.05) is 39.3 Å². The Morgan fingerprint density at radius 3 is 2.75 bits per heavy atom. The molecule has 5 heteroatoms. The lowest BCUT2D eigenvalue weighted by Crippen LogP contribution is -2.36. The lowest BCUT2D eigenvalue weighted by Gasteiger charge is -2.21. The minimum atomic E-state index is 0.190. The molecule has 0 spiro atoms. The van der Waals surface area contributed by atoms with Crippen molar-refractivity contribution in [3.63, 3.8) is 0 Å². The average molecular weight is 277 g/mol. The van der Waals surface area contributed by atoms with E-state index in [9.17, 15) is 4.79 Å². The summed E-state index contributed by atoms with van der Waals surface area (Å²) in [5, 5.41) is 8.97. The third-order valence-corrected chi connectivity index (χ3v) is 3.73. The number of aliphatic hydroxyl groups excluding tert-OH is 1. The van der Waals surface area contributed by atoms with Crippen molar-refractivity contribution < 1.29 is 9.90 Å². The van der Waals surface area contributed by atoms with Gasteiger partial charge in [0.25, 0.3) is 0 Å². The number of hydrogen-bond acceptors (Lipinski definition) is 4. The Bertz CT molecular complexity index is 411. The van der Waals surface area contributed by atoms with Crippen molar-refractivity contribution in [2.45, 2.75) is 19.3 Å². The average Bonchev–Trinajstić information content (AvgIpc) is 2.72. The van der Waals surface area contributed by atoms with Crippen molar-refractivity contribution in [2.24, 2.45) is 0 Å². The molecule has 0 radical (unpaired) electrons. The fraction of sp³-hybridized carbons (Fsp3) is 0.600. The molecule has 2 heterocycles. The molecule has 0 saturated carbocycles. The Morgan fingerprint density at radius 2 is 2.00 bits per heavy atom. The Morgan fingerprint density at radius 1 is 1.20 bits per heavy atom. The second-order valence-corrected chi connectivity index (χ2v) is 5.16. The van der Waals surface area contributed by atoms with Crippen molar-refractivity contribution in [1.29, 1.82) is 0 Å². The lowest BCUT2D eigenvalue weighted by molar-refractivity contribution is -0.131. The van der Waals surface area contributed by atoms with Crippen LogP contribution in [0.5, 0.6) is 0 Å². The number of carbonyl (C=O) groups excluding carboxylic acids is 1. The van der Waals surface area contributed by atoms with Gasteiger partial charge in [0.1, 0.15) is 0 Å². The molecule has 1 aliphatic rings. The second kappa shape index (κ2) is 7.97. The van der Waals surface area contributed by atoms with Crippen LogP contribution in [-0.4, -0.2) is 65.1 Å². The number of carbonyl (C=O) groups is 1.